The van der Waals surface area contributed by atoms with Gasteiger partial charge in [-0.05, 0) is 11.5 Å². The molecule has 0 radical (unpaired) electrons. The number of Topliss-reactive ketones (excluding diaryl/α,β-unsaturated/α-hetero) is 1. The summed E-state index contributed by atoms with van der Waals surface area (Å²) in [4.78, 5) is 47.2. The Hall–Kier alpha value is -2.91. The van der Waals surface area contributed by atoms with Crippen molar-refractivity contribution < 1.29 is 14.4 Å². The van der Waals surface area contributed by atoms with Gasteiger partial charge in [0, 0.05) is 31.1 Å². The molecule has 4 rings (SSSR count). The summed E-state index contributed by atoms with van der Waals surface area (Å²) in [5, 5.41) is 9.11. The average Bonchev–Trinajstić information content (AvgIpc) is 3.44. The number of thiazole rings is 2. The Morgan fingerprint density at radius 2 is 1.97 bits per heavy atom. The van der Waals surface area contributed by atoms with Crippen LogP contribution < -0.4 is 10.6 Å². The van der Waals surface area contributed by atoms with Crippen LogP contribution in [0.15, 0.2) is 35.7 Å². The third-order valence-corrected chi connectivity index (χ3v) is 7.86. The number of hydrogen-bond donors (Lipinski definition) is 2. The number of fused-ring (bicyclic) bond motifs is 1. The van der Waals surface area contributed by atoms with E-state index in [4.69, 9.17) is 0 Å². The SMILES string of the molecule is CC[C@H](C)CC(=O)Nc1nc2c(s1)C(=O)C[C@@H](C(=O)NCc1csc(Cc3ccccc3)n1)C2. The number of hydrogen-bond acceptors (Lipinski definition) is 7. The van der Waals surface area contributed by atoms with E-state index in [-0.39, 0.29) is 29.9 Å². The molecule has 3 aromatic rings. The molecule has 2 amide bonds. The van der Waals surface area contributed by atoms with Crippen LogP contribution in [-0.4, -0.2) is 27.6 Å². The van der Waals surface area contributed by atoms with E-state index in [9.17, 15) is 14.4 Å². The Morgan fingerprint density at radius 1 is 1.18 bits per heavy atom. The van der Waals surface area contributed by atoms with Crippen molar-refractivity contribution in [2.24, 2.45) is 11.8 Å². The topological polar surface area (TPSA) is 101 Å². The molecule has 2 heterocycles. The van der Waals surface area contributed by atoms with Gasteiger partial charge in [-0.3, -0.25) is 14.4 Å². The smallest absolute Gasteiger partial charge is 0.226 e. The van der Waals surface area contributed by atoms with Crippen LogP contribution in [-0.2, 0) is 29.0 Å². The van der Waals surface area contributed by atoms with Crippen molar-refractivity contribution in [2.75, 3.05) is 5.32 Å². The van der Waals surface area contributed by atoms with Gasteiger partial charge in [-0.25, -0.2) is 9.97 Å². The van der Waals surface area contributed by atoms with E-state index in [2.05, 4.69) is 32.7 Å². The summed E-state index contributed by atoms with van der Waals surface area (Å²) in [5.74, 6) is -0.547. The zero-order valence-corrected chi connectivity index (χ0v) is 20.9. The fourth-order valence-corrected chi connectivity index (χ4v) is 5.59. The Morgan fingerprint density at radius 3 is 2.74 bits per heavy atom. The van der Waals surface area contributed by atoms with Gasteiger partial charge in [-0.1, -0.05) is 61.9 Å². The fraction of sp³-hybridized carbons (Fsp3) is 0.400. The molecule has 9 heteroatoms. The summed E-state index contributed by atoms with van der Waals surface area (Å²) in [7, 11) is 0. The van der Waals surface area contributed by atoms with Crippen LogP contribution >= 0.6 is 22.7 Å². The molecule has 1 aromatic carbocycles. The summed E-state index contributed by atoms with van der Waals surface area (Å²) < 4.78 is 0. The maximum absolute atomic E-state index is 12.8. The van der Waals surface area contributed by atoms with Gasteiger partial charge in [-0.15, -0.1) is 11.3 Å². The summed E-state index contributed by atoms with van der Waals surface area (Å²) in [6.45, 7) is 4.40. The molecule has 0 unspecified atom stereocenters. The molecule has 1 aliphatic carbocycles. The van der Waals surface area contributed by atoms with Gasteiger partial charge in [0.25, 0.3) is 0 Å². The number of nitrogens with one attached hydrogen (secondary N) is 2. The van der Waals surface area contributed by atoms with Crippen molar-refractivity contribution in [1.82, 2.24) is 15.3 Å². The van der Waals surface area contributed by atoms with E-state index in [1.165, 1.54) is 16.9 Å². The number of carbonyl (C=O) groups excluding carboxylic acids is 3. The van der Waals surface area contributed by atoms with Crippen molar-refractivity contribution in [1.29, 1.82) is 0 Å². The molecular formula is C25H28N4O3S2. The minimum Gasteiger partial charge on any atom is -0.350 e. The van der Waals surface area contributed by atoms with Crippen molar-refractivity contribution in [3.8, 4) is 0 Å². The van der Waals surface area contributed by atoms with Gasteiger partial charge >= 0.3 is 0 Å². The lowest BCUT2D eigenvalue weighted by atomic mass is 9.89. The van der Waals surface area contributed by atoms with Crippen LogP contribution in [0.5, 0.6) is 0 Å². The second-order valence-corrected chi connectivity index (χ2v) is 10.6. The molecule has 178 valence electrons. The van der Waals surface area contributed by atoms with Crippen LogP contribution in [0.3, 0.4) is 0 Å². The minimum atomic E-state index is -0.465. The van der Waals surface area contributed by atoms with E-state index in [1.54, 1.807) is 11.3 Å². The highest BCUT2D eigenvalue weighted by Gasteiger charge is 2.33. The molecule has 2 aromatic heterocycles. The highest BCUT2D eigenvalue weighted by Crippen LogP contribution is 2.32. The van der Waals surface area contributed by atoms with Crippen molar-refractivity contribution >= 4 is 45.4 Å². The van der Waals surface area contributed by atoms with Crippen molar-refractivity contribution in [2.45, 2.75) is 52.5 Å². The van der Waals surface area contributed by atoms with E-state index >= 15 is 0 Å². The maximum atomic E-state index is 12.8. The zero-order valence-electron chi connectivity index (χ0n) is 19.3. The monoisotopic (exact) mass is 496 g/mol. The number of aromatic nitrogens is 2. The molecule has 2 N–H and O–H groups in total. The van der Waals surface area contributed by atoms with Gasteiger partial charge in [-0.2, -0.15) is 0 Å². The quantitative estimate of drug-likeness (QED) is 0.450. The molecule has 7 nitrogen and oxygen atoms in total. The summed E-state index contributed by atoms with van der Waals surface area (Å²) in [5.41, 5.74) is 2.61. The number of ketones is 1. The van der Waals surface area contributed by atoms with E-state index in [0.29, 0.717) is 35.1 Å². The van der Waals surface area contributed by atoms with Crippen LogP contribution in [0.4, 0.5) is 5.13 Å². The third-order valence-electron chi connectivity index (χ3n) is 5.91. The molecule has 2 atom stereocenters. The Labute approximate surface area is 207 Å². The highest BCUT2D eigenvalue weighted by molar-refractivity contribution is 7.17. The second kappa shape index (κ2) is 11.0. The molecule has 1 aliphatic rings. The number of anilines is 1. The molecule has 0 saturated heterocycles. The molecular weight excluding hydrogens is 468 g/mol. The number of rotatable bonds is 9. The van der Waals surface area contributed by atoms with Crippen LogP contribution in [0, 0.1) is 11.8 Å². The predicted octanol–water partition coefficient (Wildman–Crippen LogP) is 4.63. The van der Waals surface area contributed by atoms with Gasteiger partial charge in [0.15, 0.2) is 10.9 Å². The summed E-state index contributed by atoms with van der Waals surface area (Å²) in [6.07, 6.45) is 2.65. The molecule has 0 bridgehead atoms. The van der Waals surface area contributed by atoms with E-state index in [0.717, 1.165) is 23.5 Å². The van der Waals surface area contributed by atoms with E-state index < -0.39 is 5.92 Å². The first kappa shape index (κ1) is 24.2. The van der Waals surface area contributed by atoms with Gasteiger partial charge < -0.3 is 10.6 Å². The first-order valence-electron chi connectivity index (χ1n) is 11.5. The first-order valence-corrected chi connectivity index (χ1v) is 13.2. The van der Waals surface area contributed by atoms with Gasteiger partial charge in [0.05, 0.1) is 33.7 Å². The predicted molar refractivity (Wildman–Crippen MR) is 134 cm³/mol. The lowest BCUT2D eigenvalue weighted by Gasteiger charge is -2.19. The molecule has 0 spiro atoms. The van der Waals surface area contributed by atoms with Crippen LogP contribution in [0.25, 0.3) is 0 Å². The summed E-state index contributed by atoms with van der Waals surface area (Å²) in [6, 6.07) is 10.1. The Balaban J connectivity index is 1.31. The van der Waals surface area contributed by atoms with E-state index in [1.807, 2.05) is 37.4 Å². The second-order valence-electron chi connectivity index (χ2n) is 8.70. The molecule has 0 saturated carbocycles. The zero-order chi connectivity index (χ0) is 24.1. The lowest BCUT2D eigenvalue weighted by molar-refractivity contribution is -0.125. The third kappa shape index (κ3) is 6.15. The summed E-state index contributed by atoms with van der Waals surface area (Å²) >= 11 is 2.78. The Kier molecular flexibility index (Phi) is 7.84. The first-order chi connectivity index (χ1) is 16.4. The number of amides is 2. The number of nitrogens with zero attached hydrogens (tertiary/aromatic N) is 2. The normalized spacial score (nSPS) is 16.1. The highest BCUT2D eigenvalue weighted by atomic mass is 32.1. The van der Waals surface area contributed by atoms with Crippen LogP contribution in [0.2, 0.25) is 0 Å². The lowest BCUT2D eigenvalue weighted by Crippen LogP contribution is -2.35. The average molecular weight is 497 g/mol. The van der Waals surface area contributed by atoms with Gasteiger partial charge in [0.2, 0.25) is 11.8 Å². The molecule has 0 aliphatic heterocycles. The molecule has 0 fully saturated rings. The Bertz CT molecular complexity index is 1170. The van der Waals surface area contributed by atoms with Gasteiger partial charge in [0.1, 0.15) is 0 Å². The molecule has 34 heavy (non-hydrogen) atoms. The largest absolute Gasteiger partial charge is 0.350 e. The number of carbonyl (C=O) groups is 3. The van der Waals surface area contributed by atoms with Crippen molar-refractivity contribution in [3.63, 3.8) is 0 Å². The van der Waals surface area contributed by atoms with Crippen LogP contribution in [0.1, 0.15) is 64.7 Å². The number of benzene rings is 1. The minimum absolute atomic E-state index is 0.0971. The maximum Gasteiger partial charge on any atom is 0.226 e. The van der Waals surface area contributed by atoms with Crippen molar-refractivity contribution in [3.05, 3.63) is 62.5 Å². The standard InChI is InChI=1S/C25H28N4O3S2/c1-3-15(2)9-21(31)29-25-28-19-11-17(12-20(30)23(19)34-25)24(32)26-13-18-14-33-22(27-18)10-16-7-5-4-6-8-16/h4-8,14-15,17H,3,9-13H2,1-2H3,(H,26,32)(H,28,29,31)/t15-,17-/m0/s1. The fourth-order valence-electron chi connectivity index (χ4n) is 3.80.